The van der Waals surface area contributed by atoms with Crippen molar-refractivity contribution in [1.29, 1.82) is 0 Å². The molecule has 21 heavy (non-hydrogen) atoms. The lowest BCUT2D eigenvalue weighted by molar-refractivity contribution is -0.131. The van der Waals surface area contributed by atoms with Crippen LogP contribution >= 0.6 is 11.6 Å². The third-order valence-electron chi connectivity index (χ3n) is 2.54. The maximum absolute atomic E-state index is 12.1. The molecule has 0 bridgehead atoms. The summed E-state index contributed by atoms with van der Waals surface area (Å²) in [6.07, 6.45) is 5.23. The van der Waals surface area contributed by atoms with Gasteiger partial charge in [-0.2, -0.15) is 0 Å². The van der Waals surface area contributed by atoms with Gasteiger partial charge in [0.1, 0.15) is 0 Å². The summed E-state index contributed by atoms with van der Waals surface area (Å²) in [5, 5.41) is 11.9. The fourth-order valence-corrected chi connectivity index (χ4v) is 1.70. The maximum Gasteiger partial charge on any atom is 0.328 e. The van der Waals surface area contributed by atoms with E-state index in [1.54, 1.807) is 30.3 Å². The summed E-state index contributed by atoms with van der Waals surface area (Å²) in [6, 6.07) is 8.25. The Labute approximate surface area is 125 Å². The predicted molar refractivity (Wildman–Crippen MR) is 80.3 cm³/mol. The molecule has 1 aromatic heterocycles. The van der Waals surface area contributed by atoms with Crippen LogP contribution < -0.4 is 5.32 Å². The number of aliphatic carboxylic acids is 1. The lowest BCUT2D eigenvalue weighted by atomic mass is 10.2. The van der Waals surface area contributed by atoms with Crippen molar-refractivity contribution in [2.45, 2.75) is 0 Å². The fraction of sp³-hybridized carbons (Fsp3) is 0. The number of halogens is 1. The van der Waals surface area contributed by atoms with E-state index in [-0.39, 0.29) is 5.91 Å². The van der Waals surface area contributed by atoms with E-state index in [2.05, 4.69) is 10.3 Å². The molecule has 2 N–H and O–H groups in total. The highest BCUT2D eigenvalue weighted by molar-refractivity contribution is 6.30. The van der Waals surface area contributed by atoms with Gasteiger partial charge in [-0.05, 0) is 42.0 Å². The van der Waals surface area contributed by atoms with Gasteiger partial charge in [0.15, 0.2) is 0 Å². The van der Waals surface area contributed by atoms with Crippen LogP contribution in [0.5, 0.6) is 0 Å². The number of nitrogens with one attached hydrogen (secondary N) is 1. The summed E-state index contributed by atoms with van der Waals surface area (Å²) in [6.45, 7) is 0. The molecule has 0 unspecified atom stereocenters. The minimum absolute atomic E-state index is 0.331. The number of hydrogen-bond acceptors (Lipinski definition) is 3. The van der Waals surface area contributed by atoms with Gasteiger partial charge in [-0.15, -0.1) is 0 Å². The first-order valence-corrected chi connectivity index (χ1v) is 6.35. The number of pyridine rings is 1. The molecule has 1 amide bonds. The third kappa shape index (κ3) is 4.43. The lowest BCUT2D eigenvalue weighted by Crippen LogP contribution is -2.12. The number of aromatic nitrogens is 1. The standard InChI is InChI=1S/C15H11ClN2O3/c16-12-2-4-13(5-3-12)18-15(21)11-7-10(8-17-9-11)1-6-14(19)20/h1-9H,(H,18,21)(H,19,20). The molecule has 1 heterocycles. The number of nitrogens with zero attached hydrogens (tertiary/aromatic N) is 1. The minimum atomic E-state index is -1.06. The average Bonchev–Trinajstić information content (AvgIpc) is 2.48. The molecule has 2 rings (SSSR count). The molecule has 6 heteroatoms. The summed E-state index contributed by atoms with van der Waals surface area (Å²) in [5.74, 6) is -1.40. The van der Waals surface area contributed by atoms with Crippen LogP contribution in [0.15, 0.2) is 48.8 Å². The molecule has 2 aromatic rings. The predicted octanol–water partition coefficient (Wildman–Crippen LogP) is 3.09. The number of carboxylic acid groups (broad SMARTS) is 1. The van der Waals surface area contributed by atoms with Gasteiger partial charge >= 0.3 is 5.97 Å². The van der Waals surface area contributed by atoms with Gasteiger partial charge in [-0.25, -0.2) is 4.79 Å². The molecular formula is C15H11ClN2O3. The number of amides is 1. The number of anilines is 1. The van der Waals surface area contributed by atoms with Crippen LogP contribution in [-0.4, -0.2) is 22.0 Å². The lowest BCUT2D eigenvalue weighted by Gasteiger charge is -2.05. The Kier molecular flexibility index (Phi) is 4.68. The summed E-state index contributed by atoms with van der Waals surface area (Å²) in [4.78, 5) is 26.4. The Balaban J connectivity index is 2.14. The number of hydrogen-bond donors (Lipinski definition) is 2. The molecule has 0 saturated carbocycles. The first-order chi connectivity index (χ1) is 10.0. The van der Waals surface area contributed by atoms with E-state index in [1.165, 1.54) is 18.5 Å². The Morgan fingerprint density at radius 1 is 1.19 bits per heavy atom. The molecule has 0 radical (unpaired) electrons. The van der Waals surface area contributed by atoms with E-state index in [0.717, 1.165) is 6.08 Å². The summed E-state index contributed by atoms with van der Waals surface area (Å²) < 4.78 is 0. The van der Waals surface area contributed by atoms with Crippen molar-refractivity contribution >= 4 is 35.2 Å². The van der Waals surface area contributed by atoms with Crippen LogP contribution in [0.25, 0.3) is 6.08 Å². The van der Waals surface area contributed by atoms with E-state index in [9.17, 15) is 9.59 Å². The van der Waals surface area contributed by atoms with Crippen molar-refractivity contribution in [1.82, 2.24) is 4.98 Å². The topological polar surface area (TPSA) is 79.3 Å². The van der Waals surface area contributed by atoms with Gasteiger partial charge in [0.25, 0.3) is 5.91 Å². The molecule has 0 aliphatic heterocycles. The van der Waals surface area contributed by atoms with Gasteiger partial charge in [0, 0.05) is 29.2 Å². The second-order valence-corrected chi connectivity index (χ2v) is 4.58. The Bertz CT molecular complexity index is 696. The summed E-state index contributed by atoms with van der Waals surface area (Å²) in [5.41, 5.74) is 1.47. The van der Waals surface area contributed by atoms with E-state index in [1.807, 2.05) is 0 Å². The Morgan fingerprint density at radius 3 is 2.57 bits per heavy atom. The van der Waals surface area contributed by atoms with Crippen LogP contribution in [0, 0.1) is 0 Å². The zero-order chi connectivity index (χ0) is 15.2. The zero-order valence-corrected chi connectivity index (χ0v) is 11.5. The van der Waals surface area contributed by atoms with Crippen molar-refractivity contribution in [3.05, 3.63) is 65.0 Å². The van der Waals surface area contributed by atoms with Crippen molar-refractivity contribution < 1.29 is 14.7 Å². The van der Waals surface area contributed by atoms with Crippen LogP contribution in [0.4, 0.5) is 5.69 Å². The first kappa shape index (κ1) is 14.7. The van der Waals surface area contributed by atoms with E-state index in [4.69, 9.17) is 16.7 Å². The first-order valence-electron chi connectivity index (χ1n) is 5.97. The molecule has 0 atom stereocenters. The Hall–Kier alpha value is -2.66. The second-order valence-electron chi connectivity index (χ2n) is 4.14. The second kappa shape index (κ2) is 6.67. The molecule has 0 aliphatic rings. The number of carbonyl (C=O) groups excluding carboxylic acids is 1. The molecular weight excluding hydrogens is 292 g/mol. The maximum atomic E-state index is 12.1. The van der Waals surface area contributed by atoms with Crippen molar-refractivity contribution in [3.63, 3.8) is 0 Å². The monoisotopic (exact) mass is 302 g/mol. The van der Waals surface area contributed by atoms with Crippen molar-refractivity contribution in [2.24, 2.45) is 0 Å². The van der Waals surface area contributed by atoms with E-state index in [0.29, 0.717) is 21.8 Å². The molecule has 1 aromatic carbocycles. The van der Waals surface area contributed by atoms with Crippen molar-refractivity contribution in [3.8, 4) is 0 Å². The van der Waals surface area contributed by atoms with Crippen LogP contribution in [-0.2, 0) is 4.79 Å². The number of rotatable bonds is 4. The van der Waals surface area contributed by atoms with Crippen molar-refractivity contribution in [2.75, 3.05) is 5.32 Å². The SMILES string of the molecule is O=C(O)C=Cc1cncc(C(=O)Nc2ccc(Cl)cc2)c1. The third-order valence-corrected chi connectivity index (χ3v) is 2.79. The van der Waals surface area contributed by atoms with Crippen LogP contribution in [0.1, 0.15) is 15.9 Å². The smallest absolute Gasteiger partial charge is 0.328 e. The normalized spacial score (nSPS) is 10.5. The van der Waals surface area contributed by atoms with Gasteiger partial charge < -0.3 is 10.4 Å². The highest BCUT2D eigenvalue weighted by atomic mass is 35.5. The highest BCUT2D eigenvalue weighted by Crippen LogP contribution is 2.14. The summed E-state index contributed by atoms with van der Waals surface area (Å²) in [7, 11) is 0. The van der Waals surface area contributed by atoms with Gasteiger partial charge in [-0.3, -0.25) is 9.78 Å². The molecule has 0 spiro atoms. The van der Waals surface area contributed by atoms with Crippen LogP contribution in [0.3, 0.4) is 0 Å². The number of benzene rings is 1. The molecule has 5 nitrogen and oxygen atoms in total. The quantitative estimate of drug-likeness (QED) is 0.851. The minimum Gasteiger partial charge on any atom is -0.478 e. The molecule has 0 fully saturated rings. The molecule has 0 aliphatic carbocycles. The number of carbonyl (C=O) groups is 2. The zero-order valence-electron chi connectivity index (χ0n) is 10.8. The van der Waals surface area contributed by atoms with E-state index >= 15 is 0 Å². The largest absolute Gasteiger partial charge is 0.478 e. The number of carboxylic acids is 1. The molecule has 0 saturated heterocycles. The van der Waals surface area contributed by atoms with Gasteiger partial charge in [0.05, 0.1) is 5.56 Å². The van der Waals surface area contributed by atoms with Gasteiger partial charge in [-0.1, -0.05) is 11.6 Å². The highest BCUT2D eigenvalue weighted by Gasteiger charge is 2.07. The molecule has 106 valence electrons. The van der Waals surface area contributed by atoms with E-state index < -0.39 is 5.97 Å². The van der Waals surface area contributed by atoms with Crippen LogP contribution in [0.2, 0.25) is 5.02 Å². The average molecular weight is 303 g/mol. The summed E-state index contributed by atoms with van der Waals surface area (Å²) >= 11 is 5.77. The van der Waals surface area contributed by atoms with Gasteiger partial charge in [0.2, 0.25) is 0 Å². The Morgan fingerprint density at radius 2 is 1.90 bits per heavy atom. The fourth-order valence-electron chi connectivity index (χ4n) is 1.58.